The number of hydrogen-bond acceptors (Lipinski definition) is 5. The summed E-state index contributed by atoms with van der Waals surface area (Å²) in [5, 5.41) is 0.561. The third kappa shape index (κ3) is 4.79. The molecular weight excluding hydrogens is 465 g/mol. The number of amidine groups is 1. The van der Waals surface area contributed by atoms with Gasteiger partial charge in [-0.2, -0.15) is 0 Å². The number of carbonyl (C=O) groups is 2. The van der Waals surface area contributed by atoms with Crippen molar-refractivity contribution >= 4 is 40.6 Å². The number of esters is 1. The van der Waals surface area contributed by atoms with Crippen molar-refractivity contribution in [3.05, 3.63) is 87.3 Å². The van der Waals surface area contributed by atoms with E-state index in [2.05, 4.69) is 9.56 Å². The number of methoxy groups -OCH3 is 1. The van der Waals surface area contributed by atoms with Crippen LogP contribution in [0.2, 0.25) is 0 Å². The van der Waals surface area contributed by atoms with E-state index in [1.54, 1.807) is 23.1 Å². The van der Waals surface area contributed by atoms with Gasteiger partial charge in [-0.25, -0.2) is 14.2 Å². The van der Waals surface area contributed by atoms with Crippen LogP contribution in [0.1, 0.15) is 39.8 Å². The fraction of sp³-hybridized carbons (Fsp3) is 0.222. The number of hydrogen-bond donors (Lipinski definition) is 0. The van der Waals surface area contributed by atoms with Gasteiger partial charge in [0, 0.05) is 23.6 Å². The van der Waals surface area contributed by atoms with E-state index in [4.69, 9.17) is 4.74 Å². The number of nitrogens with zero attached hydrogens (tertiary/aromatic N) is 3. The molecule has 8 heteroatoms. The molecule has 3 aromatic rings. The van der Waals surface area contributed by atoms with Crippen LogP contribution in [0.3, 0.4) is 0 Å². The lowest BCUT2D eigenvalue weighted by Gasteiger charge is -2.14. The molecule has 0 N–H and O–H groups in total. The van der Waals surface area contributed by atoms with E-state index in [0.717, 1.165) is 28.2 Å². The molecule has 0 atom stereocenters. The number of ether oxygens (including phenoxy) is 1. The molecule has 6 nitrogen and oxygen atoms in total. The molecule has 0 saturated carbocycles. The van der Waals surface area contributed by atoms with Gasteiger partial charge in [0.05, 0.1) is 23.3 Å². The normalized spacial score (nSPS) is 15.9. The second-order valence-corrected chi connectivity index (χ2v) is 9.19. The summed E-state index contributed by atoms with van der Waals surface area (Å²) < 4.78 is 20.2. The summed E-state index contributed by atoms with van der Waals surface area (Å²) in [6, 6.07) is 13.3. The Morgan fingerprint density at radius 3 is 2.49 bits per heavy atom. The number of thioether (sulfide) groups is 1. The summed E-state index contributed by atoms with van der Waals surface area (Å²) in [6.45, 7) is 8.33. The topological polar surface area (TPSA) is 63.9 Å². The van der Waals surface area contributed by atoms with E-state index in [9.17, 15) is 14.0 Å². The number of likely N-dealkylation sites (N-methyl/N-ethyl adjacent to an activating group) is 1. The monoisotopic (exact) mass is 491 g/mol. The van der Waals surface area contributed by atoms with E-state index >= 15 is 0 Å². The fourth-order valence-corrected chi connectivity index (χ4v) is 5.09. The SMILES string of the molecule is CCN1C(=O)/C(=C\c2cc(C)n(-c3cc(C(=O)OC)ccc3C)c2C)SC1=Nc1ccc(F)cc1. The average molecular weight is 492 g/mol. The maximum absolute atomic E-state index is 13.3. The van der Waals surface area contributed by atoms with Crippen LogP contribution in [0.25, 0.3) is 11.8 Å². The van der Waals surface area contributed by atoms with Crippen LogP contribution in [0, 0.1) is 26.6 Å². The Balaban J connectivity index is 1.72. The number of aliphatic imine (C=N–C) groups is 1. The average Bonchev–Trinajstić information content (AvgIpc) is 3.29. The van der Waals surface area contributed by atoms with Crippen LogP contribution in [0.4, 0.5) is 10.1 Å². The summed E-state index contributed by atoms with van der Waals surface area (Å²) in [4.78, 5) is 31.9. The number of halogens is 1. The molecule has 0 aliphatic carbocycles. The van der Waals surface area contributed by atoms with E-state index in [0.29, 0.717) is 27.9 Å². The molecule has 0 radical (unpaired) electrons. The van der Waals surface area contributed by atoms with Gasteiger partial charge in [0.1, 0.15) is 5.82 Å². The molecule has 35 heavy (non-hydrogen) atoms. The Hall–Kier alpha value is -3.65. The first-order chi connectivity index (χ1) is 16.7. The summed E-state index contributed by atoms with van der Waals surface area (Å²) >= 11 is 1.30. The highest BCUT2D eigenvalue weighted by Gasteiger charge is 2.32. The minimum Gasteiger partial charge on any atom is -0.465 e. The van der Waals surface area contributed by atoms with Crippen molar-refractivity contribution in [1.29, 1.82) is 0 Å². The zero-order valence-corrected chi connectivity index (χ0v) is 21.1. The second-order valence-electron chi connectivity index (χ2n) is 8.19. The van der Waals surface area contributed by atoms with E-state index in [-0.39, 0.29) is 11.7 Å². The van der Waals surface area contributed by atoms with Gasteiger partial charge >= 0.3 is 5.97 Å². The Morgan fingerprint density at radius 1 is 1.11 bits per heavy atom. The number of benzene rings is 2. The molecule has 1 fully saturated rings. The first-order valence-corrected chi connectivity index (χ1v) is 12.0. The first-order valence-electron chi connectivity index (χ1n) is 11.2. The molecule has 180 valence electrons. The fourth-order valence-electron chi connectivity index (χ4n) is 4.04. The molecule has 0 unspecified atom stereocenters. The lowest BCUT2D eigenvalue weighted by Crippen LogP contribution is -2.28. The van der Waals surface area contributed by atoms with Gasteiger partial charge < -0.3 is 9.30 Å². The summed E-state index contributed by atoms with van der Waals surface area (Å²) in [5.41, 5.74) is 5.77. The quantitative estimate of drug-likeness (QED) is 0.327. The summed E-state index contributed by atoms with van der Waals surface area (Å²) in [5.74, 6) is -0.844. The minimum absolute atomic E-state index is 0.118. The van der Waals surface area contributed by atoms with Crippen LogP contribution in [0.15, 0.2) is 58.4 Å². The lowest BCUT2D eigenvalue weighted by molar-refractivity contribution is -0.122. The zero-order valence-electron chi connectivity index (χ0n) is 20.3. The highest BCUT2D eigenvalue weighted by molar-refractivity contribution is 8.18. The number of carbonyl (C=O) groups excluding carboxylic acids is 2. The van der Waals surface area contributed by atoms with Crippen molar-refractivity contribution in [3.8, 4) is 5.69 Å². The predicted octanol–water partition coefficient (Wildman–Crippen LogP) is 5.95. The summed E-state index contributed by atoms with van der Waals surface area (Å²) in [6.07, 6.45) is 1.88. The van der Waals surface area contributed by atoms with Crippen LogP contribution < -0.4 is 0 Å². The minimum atomic E-state index is -0.392. The Kier molecular flexibility index (Phi) is 6.93. The largest absolute Gasteiger partial charge is 0.465 e. The van der Waals surface area contributed by atoms with Crippen LogP contribution in [-0.2, 0) is 9.53 Å². The number of aryl methyl sites for hydroxylation is 2. The molecular formula is C27H26FN3O3S. The predicted molar refractivity (Wildman–Crippen MR) is 138 cm³/mol. The van der Waals surface area contributed by atoms with Gasteiger partial charge in [-0.3, -0.25) is 9.69 Å². The molecule has 1 aliphatic heterocycles. The smallest absolute Gasteiger partial charge is 0.337 e. The number of aromatic nitrogens is 1. The van der Waals surface area contributed by atoms with E-state index in [1.807, 2.05) is 52.0 Å². The molecule has 2 aromatic carbocycles. The molecule has 1 amide bonds. The molecule has 4 rings (SSSR count). The van der Waals surface area contributed by atoms with Gasteiger partial charge in [-0.05, 0) is 99.1 Å². The highest BCUT2D eigenvalue weighted by atomic mass is 32.2. The van der Waals surface area contributed by atoms with Crippen molar-refractivity contribution in [3.63, 3.8) is 0 Å². The first kappa shape index (κ1) is 24.5. The van der Waals surface area contributed by atoms with Crippen molar-refractivity contribution in [2.45, 2.75) is 27.7 Å². The molecule has 1 aliphatic rings. The Labute approximate surface area is 208 Å². The molecule has 2 heterocycles. The standard InChI is InChI=1S/C27H26FN3O3S/c1-6-30-25(32)24(35-27(30)29-22-11-9-21(28)10-12-22)15-20-13-17(3)31(18(20)4)23-14-19(26(33)34-5)8-7-16(23)2/h7-15H,6H2,1-5H3/b24-15+,29-27?. The summed E-state index contributed by atoms with van der Waals surface area (Å²) in [7, 11) is 1.36. The van der Waals surface area contributed by atoms with Crippen molar-refractivity contribution in [1.82, 2.24) is 9.47 Å². The number of rotatable bonds is 5. The van der Waals surface area contributed by atoms with Gasteiger partial charge in [0.2, 0.25) is 0 Å². The number of amides is 1. The maximum Gasteiger partial charge on any atom is 0.337 e. The van der Waals surface area contributed by atoms with Gasteiger partial charge in [-0.15, -0.1) is 0 Å². The highest BCUT2D eigenvalue weighted by Crippen LogP contribution is 2.35. The third-order valence-electron chi connectivity index (χ3n) is 5.88. The second kappa shape index (κ2) is 9.92. The molecule has 1 saturated heterocycles. The van der Waals surface area contributed by atoms with Crippen LogP contribution >= 0.6 is 11.8 Å². The van der Waals surface area contributed by atoms with Crippen LogP contribution in [-0.4, -0.2) is 40.2 Å². The van der Waals surface area contributed by atoms with Gasteiger partial charge in [0.25, 0.3) is 5.91 Å². The maximum atomic E-state index is 13.3. The van der Waals surface area contributed by atoms with Gasteiger partial charge in [0.15, 0.2) is 5.17 Å². The lowest BCUT2D eigenvalue weighted by atomic mass is 10.1. The third-order valence-corrected chi connectivity index (χ3v) is 6.89. The Bertz CT molecular complexity index is 1370. The van der Waals surface area contributed by atoms with E-state index in [1.165, 1.54) is 31.0 Å². The molecule has 0 bridgehead atoms. The molecule has 0 spiro atoms. The zero-order chi connectivity index (χ0) is 25.3. The Morgan fingerprint density at radius 2 is 1.83 bits per heavy atom. The molecule has 1 aromatic heterocycles. The van der Waals surface area contributed by atoms with Crippen molar-refractivity contribution in [2.75, 3.05) is 13.7 Å². The van der Waals surface area contributed by atoms with Crippen molar-refractivity contribution in [2.24, 2.45) is 4.99 Å². The van der Waals surface area contributed by atoms with Crippen molar-refractivity contribution < 1.29 is 18.7 Å². The van der Waals surface area contributed by atoms with Gasteiger partial charge in [-0.1, -0.05) is 6.07 Å². The van der Waals surface area contributed by atoms with Crippen LogP contribution in [0.5, 0.6) is 0 Å². The van der Waals surface area contributed by atoms with E-state index < -0.39 is 5.97 Å².